The Morgan fingerprint density at radius 2 is 2.42 bits per heavy atom. The van der Waals surface area contributed by atoms with Crippen molar-refractivity contribution in [2.45, 2.75) is 32.2 Å². The van der Waals surface area contributed by atoms with E-state index in [0.717, 1.165) is 0 Å². The molecule has 1 nitrogen and oxygen atoms in total. The quantitative estimate of drug-likeness (QED) is 0.761. The third-order valence-electron chi connectivity index (χ3n) is 2.99. The predicted octanol–water partition coefficient (Wildman–Crippen LogP) is 2.42. The minimum Gasteiger partial charge on any atom is -0.327 e. The summed E-state index contributed by atoms with van der Waals surface area (Å²) in [4.78, 5) is 0. The smallest absolute Gasteiger partial charge is 0.00702 e. The van der Waals surface area contributed by atoms with E-state index < -0.39 is 0 Å². The Kier molecular flexibility index (Phi) is 1.97. The van der Waals surface area contributed by atoms with E-state index >= 15 is 0 Å². The first-order valence-corrected chi connectivity index (χ1v) is 5.44. The van der Waals surface area contributed by atoms with E-state index in [1.54, 1.807) is 11.3 Å². The minimum absolute atomic E-state index is 0.359. The summed E-state index contributed by atoms with van der Waals surface area (Å²) >= 11 is 1.78. The lowest BCUT2D eigenvalue weighted by atomic mass is 9.92. The summed E-state index contributed by atoms with van der Waals surface area (Å²) in [6.45, 7) is 2.14. The maximum atomic E-state index is 5.95. The SMILES string of the molecule is CC(N)C1(Cc2ccsc2)CC1. The fraction of sp³-hybridized carbons (Fsp3) is 0.600. The van der Waals surface area contributed by atoms with Crippen LogP contribution in [0.25, 0.3) is 0 Å². The summed E-state index contributed by atoms with van der Waals surface area (Å²) in [5.41, 5.74) is 7.88. The van der Waals surface area contributed by atoms with E-state index in [1.165, 1.54) is 24.8 Å². The molecule has 0 spiro atoms. The Labute approximate surface area is 77.6 Å². The highest BCUT2D eigenvalue weighted by molar-refractivity contribution is 7.07. The lowest BCUT2D eigenvalue weighted by Gasteiger charge is -2.18. The molecule has 0 radical (unpaired) electrons. The van der Waals surface area contributed by atoms with Crippen molar-refractivity contribution in [3.8, 4) is 0 Å². The van der Waals surface area contributed by atoms with Crippen molar-refractivity contribution in [2.75, 3.05) is 0 Å². The molecule has 1 aromatic rings. The normalized spacial score (nSPS) is 22.2. The average Bonchev–Trinajstić information content (AvgIpc) is 2.60. The molecule has 0 aromatic carbocycles. The van der Waals surface area contributed by atoms with Gasteiger partial charge in [0.2, 0.25) is 0 Å². The topological polar surface area (TPSA) is 26.0 Å². The molecule has 1 heterocycles. The van der Waals surface area contributed by atoms with Crippen LogP contribution in [0.4, 0.5) is 0 Å². The van der Waals surface area contributed by atoms with Crippen LogP contribution in [-0.4, -0.2) is 6.04 Å². The van der Waals surface area contributed by atoms with Crippen LogP contribution in [0.3, 0.4) is 0 Å². The standard InChI is InChI=1S/C10H15NS/c1-8(11)10(3-4-10)6-9-2-5-12-7-9/h2,5,7-8H,3-4,6,11H2,1H3. The monoisotopic (exact) mass is 181 g/mol. The number of nitrogens with two attached hydrogens (primary N) is 1. The predicted molar refractivity (Wildman–Crippen MR) is 53.3 cm³/mol. The summed E-state index contributed by atoms with van der Waals surface area (Å²) in [7, 11) is 0. The molecule has 1 unspecified atom stereocenters. The van der Waals surface area contributed by atoms with Gasteiger partial charge >= 0.3 is 0 Å². The van der Waals surface area contributed by atoms with Crippen LogP contribution < -0.4 is 5.73 Å². The van der Waals surface area contributed by atoms with Gasteiger partial charge < -0.3 is 5.73 Å². The molecule has 0 aliphatic heterocycles. The van der Waals surface area contributed by atoms with Gasteiger partial charge in [0.1, 0.15) is 0 Å². The summed E-state index contributed by atoms with van der Waals surface area (Å²) in [6, 6.07) is 2.57. The van der Waals surface area contributed by atoms with Gasteiger partial charge in [0.15, 0.2) is 0 Å². The van der Waals surface area contributed by atoms with Crippen molar-refractivity contribution in [3.63, 3.8) is 0 Å². The highest BCUT2D eigenvalue weighted by atomic mass is 32.1. The van der Waals surface area contributed by atoms with Crippen molar-refractivity contribution in [1.82, 2.24) is 0 Å². The van der Waals surface area contributed by atoms with Crippen LogP contribution in [0.1, 0.15) is 25.3 Å². The molecule has 1 aromatic heterocycles. The Balaban J connectivity index is 2.04. The van der Waals surface area contributed by atoms with Crippen molar-refractivity contribution in [3.05, 3.63) is 22.4 Å². The molecule has 2 N–H and O–H groups in total. The number of rotatable bonds is 3. The molecule has 66 valence electrons. The van der Waals surface area contributed by atoms with Gasteiger partial charge in [0.05, 0.1) is 0 Å². The number of hydrogen-bond donors (Lipinski definition) is 1. The van der Waals surface area contributed by atoms with Crippen LogP contribution in [0.2, 0.25) is 0 Å². The summed E-state index contributed by atoms with van der Waals surface area (Å²) in [5.74, 6) is 0. The first kappa shape index (κ1) is 8.27. The van der Waals surface area contributed by atoms with Gasteiger partial charge in [-0.25, -0.2) is 0 Å². The first-order chi connectivity index (χ1) is 5.73. The Morgan fingerprint density at radius 3 is 2.83 bits per heavy atom. The highest BCUT2D eigenvalue weighted by Gasteiger charge is 2.45. The van der Waals surface area contributed by atoms with Gasteiger partial charge in [-0.05, 0) is 54.0 Å². The Morgan fingerprint density at radius 1 is 1.67 bits per heavy atom. The maximum absolute atomic E-state index is 5.95. The van der Waals surface area contributed by atoms with Crippen LogP contribution in [0, 0.1) is 5.41 Å². The average molecular weight is 181 g/mol. The lowest BCUT2D eigenvalue weighted by Crippen LogP contribution is -2.29. The molecule has 1 saturated carbocycles. The van der Waals surface area contributed by atoms with Crippen LogP contribution >= 0.6 is 11.3 Å². The lowest BCUT2D eigenvalue weighted by molar-refractivity contribution is 0.419. The molecule has 0 bridgehead atoms. The zero-order valence-electron chi connectivity index (χ0n) is 7.42. The zero-order chi connectivity index (χ0) is 8.60. The third-order valence-corrected chi connectivity index (χ3v) is 3.73. The van der Waals surface area contributed by atoms with Gasteiger partial charge in [-0.15, -0.1) is 0 Å². The molecule has 0 amide bonds. The van der Waals surface area contributed by atoms with Gasteiger partial charge in [-0.2, -0.15) is 11.3 Å². The minimum atomic E-state index is 0.359. The highest BCUT2D eigenvalue weighted by Crippen LogP contribution is 2.50. The largest absolute Gasteiger partial charge is 0.327 e. The van der Waals surface area contributed by atoms with E-state index in [9.17, 15) is 0 Å². The molecule has 0 saturated heterocycles. The van der Waals surface area contributed by atoms with E-state index in [1.807, 2.05) is 0 Å². The molecule has 1 aliphatic carbocycles. The second-order valence-electron chi connectivity index (χ2n) is 3.96. The van der Waals surface area contributed by atoms with E-state index in [0.29, 0.717) is 11.5 Å². The second-order valence-corrected chi connectivity index (χ2v) is 4.74. The van der Waals surface area contributed by atoms with Gasteiger partial charge in [0, 0.05) is 6.04 Å². The number of thiophene rings is 1. The zero-order valence-corrected chi connectivity index (χ0v) is 8.23. The molecule has 1 atom stereocenters. The van der Waals surface area contributed by atoms with Crippen LogP contribution in [0.15, 0.2) is 16.8 Å². The third kappa shape index (κ3) is 1.41. The molecule has 12 heavy (non-hydrogen) atoms. The van der Waals surface area contributed by atoms with Crippen LogP contribution in [0.5, 0.6) is 0 Å². The molecule has 1 aliphatic rings. The van der Waals surface area contributed by atoms with Gasteiger partial charge in [0.25, 0.3) is 0 Å². The number of hydrogen-bond acceptors (Lipinski definition) is 2. The van der Waals surface area contributed by atoms with Crippen molar-refractivity contribution in [2.24, 2.45) is 11.1 Å². The van der Waals surface area contributed by atoms with Gasteiger partial charge in [-0.3, -0.25) is 0 Å². The Hall–Kier alpha value is -0.340. The van der Waals surface area contributed by atoms with E-state index in [2.05, 4.69) is 23.8 Å². The molecule has 2 heteroatoms. The van der Waals surface area contributed by atoms with E-state index in [-0.39, 0.29) is 0 Å². The molecule has 2 rings (SSSR count). The van der Waals surface area contributed by atoms with Crippen LogP contribution in [-0.2, 0) is 6.42 Å². The Bertz CT molecular complexity index is 247. The fourth-order valence-corrected chi connectivity index (χ4v) is 2.42. The maximum Gasteiger partial charge on any atom is 0.00702 e. The van der Waals surface area contributed by atoms with Gasteiger partial charge in [-0.1, -0.05) is 0 Å². The fourth-order valence-electron chi connectivity index (χ4n) is 1.75. The van der Waals surface area contributed by atoms with Crippen molar-refractivity contribution in [1.29, 1.82) is 0 Å². The molecular formula is C10H15NS. The van der Waals surface area contributed by atoms with Crippen molar-refractivity contribution >= 4 is 11.3 Å². The summed E-state index contributed by atoms with van der Waals surface area (Å²) in [6.07, 6.45) is 3.83. The second kappa shape index (κ2) is 2.86. The first-order valence-electron chi connectivity index (χ1n) is 4.50. The summed E-state index contributed by atoms with van der Waals surface area (Å²) in [5, 5.41) is 4.38. The summed E-state index contributed by atoms with van der Waals surface area (Å²) < 4.78 is 0. The molecule has 1 fully saturated rings. The molecular weight excluding hydrogens is 166 g/mol. The van der Waals surface area contributed by atoms with E-state index in [4.69, 9.17) is 5.73 Å². The van der Waals surface area contributed by atoms with Crippen molar-refractivity contribution < 1.29 is 0 Å².